The van der Waals surface area contributed by atoms with Crippen LogP contribution in [0.4, 0.5) is 51.1 Å². The first-order valence-electron chi connectivity index (χ1n) is 15.8. The van der Waals surface area contributed by atoms with E-state index in [4.69, 9.17) is 15.2 Å². The van der Waals surface area contributed by atoms with Crippen LogP contribution in [0.1, 0.15) is 43.4 Å². The van der Waals surface area contributed by atoms with Crippen molar-refractivity contribution in [2.45, 2.75) is 87.3 Å². The minimum absolute atomic E-state index is 0.0142. The lowest BCUT2D eigenvalue weighted by Gasteiger charge is -2.43. The summed E-state index contributed by atoms with van der Waals surface area (Å²) in [5.41, 5.74) is -1.32. The number of nitrogens with zero attached hydrogens (tertiary/aromatic N) is 6. The topological polar surface area (TPSA) is 115 Å². The molecule has 5 aliphatic rings. The zero-order chi connectivity index (χ0) is 34.8. The second-order valence-electron chi connectivity index (χ2n) is 13.4. The first-order valence-corrected chi connectivity index (χ1v) is 15.8. The third-order valence-electron chi connectivity index (χ3n) is 10.4. The Hall–Kier alpha value is -3.87. The van der Waals surface area contributed by atoms with E-state index in [1.165, 1.54) is 4.90 Å². The van der Waals surface area contributed by atoms with Crippen LogP contribution in [0.5, 0.6) is 11.9 Å². The van der Waals surface area contributed by atoms with Gasteiger partial charge < -0.3 is 25.4 Å². The van der Waals surface area contributed by atoms with Gasteiger partial charge in [0, 0.05) is 31.6 Å². The van der Waals surface area contributed by atoms with Crippen LogP contribution in [0, 0.1) is 18.6 Å². The molecule has 0 spiro atoms. The standard InChI is InChI=1S/C30H29F9N8O2/c1-11-17(29(34,35)36)15(18(32)24(40)41-11)20-19(33)21-16-25(45-27(44-21)48-10-28-5-2-6-46(28)8-12(31)7-28)47-9-13-3-4-14(42-13)22(47)23(30(37,38)39)49-26(16)43-20/h12-14,22-23,42H,2-10H2,1H3,(H2,40,41)/t12-,13-,14+,22+,23-,28+/m1/s1. The van der Waals surface area contributed by atoms with Crippen molar-refractivity contribution >= 4 is 22.5 Å². The number of nitrogens with one attached hydrogen (secondary N) is 1. The highest BCUT2D eigenvalue weighted by Gasteiger charge is 2.58. The second kappa shape index (κ2) is 10.8. The van der Waals surface area contributed by atoms with Crippen molar-refractivity contribution < 1.29 is 49.0 Å². The summed E-state index contributed by atoms with van der Waals surface area (Å²) < 4.78 is 146. The van der Waals surface area contributed by atoms with Crippen molar-refractivity contribution in [2.75, 3.05) is 36.9 Å². The Morgan fingerprint density at radius 3 is 2.55 bits per heavy atom. The van der Waals surface area contributed by atoms with Gasteiger partial charge in [0.25, 0.3) is 0 Å². The van der Waals surface area contributed by atoms with Crippen LogP contribution in [-0.4, -0.2) is 93.2 Å². The maximum absolute atomic E-state index is 16.8. The number of aromatic nitrogens is 4. The van der Waals surface area contributed by atoms with E-state index >= 15 is 8.78 Å². The maximum Gasteiger partial charge on any atom is 0.427 e. The molecule has 8 heterocycles. The molecule has 0 saturated carbocycles. The molecule has 4 fully saturated rings. The van der Waals surface area contributed by atoms with Gasteiger partial charge in [0.1, 0.15) is 35.2 Å². The molecule has 6 atom stereocenters. The summed E-state index contributed by atoms with van der Waals surface area (Å²) in [6.07, 6.45) is -11.7. The normalized spacial score (nSPS) is 29.6. The molecule has 49 heavy (non-hydrogen) atoms. The number of nitrogen functional groups attached to an aromatic ring is 1. The number of alkyl halides is 7. The Morgan fingerprint density at radius 2 is 1.82 bits per heavy atom. The molecule has 5 aliphatic heterocycles. The molecular weight excluding hydrogens is 675 g/mol. The van der Waals surface area contributed by atoms with Gasteiger partial charge in [-0.25, -0.2) is 23.1 Å². The number of pyridine rings is 2. The third-order valence-corrected chi connectivity index (χ3v) is 10.4. The number of hydrogen-bond donors (Lipinski definition) is 2. The average molecular weight is 705 g/mol. The van der Waals surface area contributed by atoms with E-state index in [-0.39, 0.29) is 38.0 Å². The molecule has 10 nitrogen and oxygen atoms in total. The largest absolute Gasteiger partial charge is 0.462 e. The molecule has 264 valence electrons. The highest BCUT2D eigenvalue weighted by Crippen LogP contribution is 2.49. The number of anilines is 2. The maximum atomic E-state index is 16.8. The predicted molar refractivity (Wildman–Crippen MR) is 155 cm³/mol. The van der Waals surface area contributed by atoms with Crippen LogP contribution in [0.2, 0.25) is 0 Å². The molecule has 2 bridgehead atoms. The summed E-state index contributed by atoms with van der Waals surface area (Å²) in [5.74, 6) is -5.59. The van der Waals surface area contributed by atoms with Gasteiger partial charge in [-0.2, -0.15) is 36.3 Å². The van der Waals surface area contributed by atoms with E-state index in [1.807, 2.05) is 4.90 Å². The molecule has 8 rings (SSSR count). The van der Waals surface area contributed by atoms with Gasteiger partial charge in [-0.3, -0.25) is 4.90 Å². The van der Waals surface area contributed by atoms with Gasteiger partial charge in [0.2, 0.25) is 12.0 Å². The van der Waals surface area contributed by atoms with E-state index < -0.39 is 105 Å². The number of halogens is 9. The van der Waals surface area contributed by atoms with E-state index in [1.54, 1.807) is 0 Å². The minimum Gasteiger partial charge on any atom is -0.462 e. The monoisotopic (exact) mass is 704 g/mol. The summed E-state index contributed by atoms with van der Waals surface area (Å²) in [7, 11) is 0. The summed E-state index contributed by atoms with van der Waals surface area (Å²) in [6, 6.07) is -3.00. The number of aryl methyl sites for hydroxylation is 1. The second-order valence-corrected chi connectivity index (χ2v) is 13.4. The van der Waals surface area contributed by atoms with E-state index in [0.29, 0.717) is 25.8 Å². The Bertz CT molecular complexity index is 1860. The SMILES string of the molecule is Cc1nc(N)c(F)c(-c2nc3c4c(nc(OC[C@@]56CCCN5C[C@H](F)C6)nc4c2F)N2C[C@H]4CC[C@H](N4)[C@H]2[C@H](C(F)(F)F)O3)c1C(F)(F)F. The summed E-state index contributed by atoms with van der Waals surface area (Å²) >= 11 is 0. The van der Waals surface area contributed by atoms with Gasteiger partial charge in [-0.1, -0.05) is 0 Å². The van der Waals surface area contributed by atoms with Crippen molar-refractivity contribution in [2.24, 2.45) is 0 Å². The smallest absolute Gasteiger partial charge is 0.427 e. The molecule has 19 heteroatoms. The van der Waals surface area contributed by atoms with Crippen LogP contribution in [0.25, 0.3) is 22.2 Å². The highest BCUT2D eigenvalue weighted by atomic mass is 19.4. The highest BCUT2D eigenvalue weighted by molar-refractivity contribution is 5.97. The first kappa shape index (κ1) is 32.3. The summed E-state index contributed by atoms with van der Waals surface area (Å²) in [6.45, 7) is 1.51. The fraction of sp³-hybridized carbons (Fsp3) is 0.600. The van der Waals surface area contributed by atoms with Crippen molar-refractivity contribution in [1.82, 2.24) is 30.2 Å². The van der Waals surface area contributed by atoms with Gasteiger partial charge >= 0.3 is 18.4 Å². The lowest BCUT2D eigenvalue weighted by Crippen LogP contribution is -2.66. The molecule has 0 aromatic carbocycles. The van der Waals surface area contributed by atoms with Gasteiger partial charge in [0.05, 0.1) is 28.4 Å². The Balaban J connectivity index is 1.37. The van der Waals surface area contributed by atoms with Crippen LogP contribution >= 0.6 is 0 Å². The Kier molecular flexibility index (Phi) is 7.14. The van der Waals surface area contributed by atoms with Crippen molar-refractivity contribution in [3.05, 3.63) is 22.9 Å². The molecule has 4 saturated heterocycles. The average Bonchev–Trinajstić information content (AvgIpc) is 3.64. The lowest BCUT2D eigenvalue weighted by atomic mass is 9.95. The van der Waals surface area contributed by atoms with Gasteiger partial charge in [-0.15, -0.1) is 0 Å². The van der Waals surface area contributed by atoms with Crippen LogP contribution in [0.15, 0.2) is 0 Å². The van der Waals surface area contributed by atoms with Gasteiger partial charge in [-0.05, 0) is 39.2 Å². The fourth-order valence-electron chi connectivity index (χ4n) is 8.44. The molecule has 0 aliphatic carbocycles. The number of piperazine rings is 1. The minimum atomic E-state index is -5.31. The molecular formula is C30H29F9N8O2. The number of fused-ring (bicyclic) bond motifs is 6. The quantitative estimate of drug-likeness (QED) is 0.365. The number of rotatable bonds is 4. The van der Waals surface area contributed by atoms with Gasteiger partial charge in [0.15, 0.2) is 17.5 Å². The van der Waals surface area contributed by atoms with Crippen LogP contribution < -0.4 is 25.4 Å². The number of nitrogens with two attached hydrogens (primary N) is 1. The molecule has 0 amide bonds. The first-order chi connectivity index (χ1) is 23.1. The lowest BCUT2D eigenvalue weighted by molar-refractivity contribution is -0.203. The molecule has 3 aromatic rings. The molecule has 0 radical (unpaired) electrons. The molecule has 3 N–H and O–H groups in total. The van der Waals surface area contributed by atoms with Crippen LogP contribution in [0.3, 0.4) is 0 Å². The molecule has 0 unspecified atom stereocenters. The zero-order valence-electron chi connectivity index (χ0n) is 25.7. The van der Waals surface area contributed by atoms with E-state index in [2.05, 4.69) is 25.3 Å². The van der Waals surface area contributed by atoms with Crippen molar-refractivity contribution in [1.29, 1.82) is 0 Å². The number of hydrogen-bond acceptors (Lipinski definition) is 10. The van der Waals surface area contributed by atoms with E-state index in [0.717, 1.165) is 13.3 Å². The van der Waals surface area contributed by atoms with Crippen LogP contribution in [-0.2, 0) is 6.18 Å². The zero-order valence-corrected chi connectivity index (χ0v) is 25.7. The predicted octanol–water partition coefficient (Wildman–Crippen LogP) is 4.86. The summed E-state index contributed by atoms with van der Waals surface area (Å²) in [4.78, 5) is 19.0. The van der Waals surface area contributed by atoms with Crippen molar-refractivity contribution in [3.8, 4) is 23.1 Å². The number of ether oxygens (including phenoxy) is 2. The Morgan fingerprint density at radius 1 is 1.04 bits per heavy atom. The van der Waals surface area contributed by atoms with E-state index in [9.17, 15) is 30.7 Å². The Labute approximate surface area is 272 Å². The third kappa shape index (κ3) is 5.00. The summed E-state index contributed by atoms with van der Waals surface area (Å²) in [5, 5.41) is 2.69. The molecule has 3 aromatic heterocycles. The van der Waals surface area contributed by atoms with Crippen molar-refractivity contribution in [3.63, 3.8) is 0 Å². The fourth-order valence-corrected chi connectivity index (χ4v) is 8.44.